The van der Waals surface area contributed by atoms with Crippen molar-refractivity contribution >= 4 is 33.0 Å². The van der Waals surface area contributed by atoms with Gasteiger partial charge in [0.05, 0.1) is 15.2 Å². The summed E-state index contributed by atoms with van der Waals surface area (Å²) in [6, 6.07) is 5.11. The average molecular weight is 486 g/mol. The Morgan fingerprint density at radius 2 is 1.59 bits per heavy atom. The number of rotatable bonds is 4. The molecule has 2 aliphatic rings. The maximum atomic E-state index is 13.4. The summed E-state index contributed by atoms with van der Waals surface area (Å²) in [6.45, 7) is 4.38. The zero-order valence-corrected chi connectivity index (χ0v) is 19.2. The predicted molar refractivity (Wildman–Crippen MR) is 116 cm³/mol. The zero-order valence-electron chi connectivity index (χ0n) is 17.6. The lowest BCUT2D eigenvalue weighted by Gasteiger charge is -2.41. The topological polar surface area (TPSA) is 63.2 Å². The van der Waals surface area contributed by atoms with Crippen LogP contribution in [0, 0.1) is 34.7 Å². The highest BCUT2D eigenvalue weighted by molar-refractivity contribution is 7.92. The summed E-state index contributed by atoms with van der Waals surface area (Å²) in [5, 5.41) is 1.69. The minimum atomic E-state index is -3.80. The maximum absolute atomic E-state index is 13.4. The Labute approximate surface area is 190 Å². The number of benzene rings is 2. The van der Waals surface area contributed by atoms with Gasteiger partial charge in [0.15, 0.2) is 27.3 Å². The third-order valence-corrected chi connectivity index (χ3v) is 9.90. The van der Waals surface area contributed by atoms with E-state index in [4.69, 9.17) is 11.6 Å². The van der Waals surface area contributed by atoms with E-state index < -0.39 is 38.4 Å². The van der Waals surface area contributed by atoms with Gasteiger partial charge in [-0.05, 0) is 61.1 Å². The van der Waals surface area contributed by atoms with E-state index in [0.717, 1.165) is 12.8 Å². The summed E-state index contributed by atoms with van der Waals surface area (Å²) in [4.78, 5) is 12.5. The van der Waals surface area contributed by atoms with Gasteiger partial charge in [-0.3, -0.25) is 4.79 Å². The number of sulfone groups is 1. The summed E-state index contributed by atoms with van der Waals surface area (Å²) in [5.41, 5.74) is -0.230. The molecule has 2 unspecified atom stereocenters. The van der Waals surface area contributed by atoms with E-state index in [9.17, 15) is 26.4 Å². The number of hydrogen-bond acceptors (Lipinski definition) is 3. The summed E-state index contributed by atoms with van der Waals surface area (Å²) in [5.74, 6) is -4.71. The molecule has 0 aliphatic heterocycles. The minimum Gasteiger partial charge on any atom is -0.322 e. The van der Waals surface area contributed by atoms with Crippen molar-refractivity contribution in [2.75, 3.05) is 5.32 Å². The van der Waals surface area contributed by atoms with Crippen LogP contribution in [0.4, 0.5) is 18.9 Å². The van der Waals surface area contributed by atoms with Crippen molar-refractivity contribution in [3.8, 4) is 0 Å². The molecule has 2 saturated carbocycles. The molecule has 2 aromatic carbocycles. The monoisotopic (exact) mass is 485 g/mol. The van der Waals surface area contributed by atoms with Crippen molar-refractivity contribution in [3.63, 3.8) is 0 Å². The first-order chi connectivity index (χ1) is 14.9. The largest absolute Gasteiger partial charge is 0.322 e. The van der Waals surface area contributed by atoms with E-state index in [1.165, 1.54) is 18.2 Å². The quantitative estimate of drug-likeness (QED) is 0.540. The molecule has 2 bridgehead atoms. The molecule has 32 heavy (non-hydrogen) atoms. The molecule has 1 N–H and O–H groups in total. The zero-order chi connectivity index (χ0) is 23.4. The Balaban J connectivity index is 1.61. The molecule has 0 heterocycles. The van der Waals surface area contributed by atoms with E-state index in [1.54, 1.807) is 0 Å². The average Bonchev–Trinajstić information content (AvgIpc) is 2.88. The van der Waals surface area contributed by atoms with Crippen LogP contribution < -0.4 is 5.32 Å². The number of carbonyl (C=O) groups is 1. The normalized spacial score (nSPS) is 24.4. The SMILES string of the molecule is CC1(C)C2CCC1CC(S(=O)(=O)c1cc(C(=O)Nc3cc(F)c(F)c(F)c3)ccc1Cl)C2. The lowest BCUT2D eigenvalue weighted by Crippen LogP contribution is -2.39. The van der Waals surface area contributed by atoms with E-state index >= 15 is 0 Å². The van der Waals surface area contributed by atoms with Crippen molar-refractivity contribution < 1.29 is 26.4 Å². The fraction of sp³-hybridized carbons (Fsp3) is 0.435. The van der Waals surface area contributed by atoms with E-state index in [2.05, 4.69) is 19.2 Å². The van der Waals surface area contributed by atoms with E-state index in [-0.39, 0.29) is 26.6 Å². The maximum Gasteiger partial charge on any atom is 0.255 e. The molecule has 0 aromatic heterocycles. The van der Waals surface area contributed by atoms with Crippen LogP contribution in [-0.4, -0.2) is 19.6 Å². The Kier molecular flexibility index (Phi) is 5.82. The van der Waals surface area contributed by atoms with Crippen molar-refractivity contribution in [1.29, 1.82) is 0 Å². The van der Waals surface area contributed by atoms with Crippen LogP contribution >= 0.6 is 11.6 Å². The second kappa shape index (κ2) is 8.06. The van der Waals surface area contributed by atoms with Gasteiger partial charge in [0.25, 0.3) is 5.91 Å². The molecule has 2 aromatic rings. The molecule has 2 aliphatic carbocycles. The third kappa shape index (κ3) is 3.92. The lowest BCUT2D eigenvalue weighted by molar-refractivity contribution is 0.102. The highest BCUT2D eigenvalue weighted by atomic mass is 35.5. The fourth-order valence-electron chi connectivity index (χ4n) is 5.18. The van der Waals surface area contributed by atoms with Crippen LogP contribution in [0.25, 0.3) is 0 Å². The van der Waals surface area contributed by atoms with Crippen molar-refractivity contribution in [2.24, 2.45) is 17.3 Å². The predicted octanol–water partition coefficient (Wildman–Crippen LogP) is 6.00. The Morgan fingerprint density at radius 3 is 2.16 bits per heavy atom. The van der Waals surface area contributed by atoms with Gasteiger partial charge in [0.1, 0.15) is 0 Å². The first-order valence-electron chi connectivity index (χ1n) is 10.4. The van der Waals surface area contributed by atoms with E-state index in [1.807, 2.05) is 0 Å². The number of halogens is 4. The first kappa shape index (κ1) is 23.1. The molecule has 0 radical (unpaired) electrons. The van der Waals surface area contributed by atoms with Gasteiger partial charge in [-0.25, -0.2) is 21.6 Å². The highest BCUT2D eigenvalue weighted by Crippen LogP contribution is 2.56. The van der Waals surface area contributed by atoms with Crippen LogP contribution in [-0.2, 0) is 9.84 Å². The van der Waals surface area contributed by atoms with Crippen molar-refractivity contribution in [3.05, 3.63) is 58.4 Å². The van der Waals surface area contributed by atoms with E-state index in [0.29, 0.717) is 36.8 Å². The van der Waals surface area contributed by atoms with Crippen LogP contribution in [0.15, 0.2) is 35.2 Å². The number of amides is 1. The van der Waals surface area contributed by atoms with Gasteiger partial charge in [0, 0.05) is 23.4 Å². The van der Waals surface area contributed by atoms with Gasteiger partial charge in [-0.2, -0.15) is 0 Å². The highest BCUT2D eigenvalue weighted by Gasteiger charge is 2.51. The second-order valence-electron chi connectivity index (χ2n) is 9.28. The molecule has 2 atom stereocenters. The van der Waals surface area contributed by atoms with Crippen LogP contribution in [0.1, 0.15) is 49.9 Å². The summed E-state index contributed by atoms with van der Waals surface area (Å²) < 4.78 is 66.9. The van der Waals surface area contributed by atoms with Crippen molar-refractivity contribution in [1.82, 2.24) is 0 Å². The number of hydrogen-bond donors (Lipinski definition) is 1. The minimum absolute atomic E-state index is 0.0117. The Bertz CT molecular complexity index is 1160. The molecule has 0 spiro atoms. The standard InChI is InChI=1S/C23H23ClF3NO3S/c1-23(2)13-4-5-14(23)9-16(8-13)32(30,31)20-7-12(3-6-17(20)24)22(29)28-15-10-18(25)21(27)19(26)11-15/h3,6-7,10-11,13-14,16H,4-5,8-9H2,1-2H3,(H,28,29). The van der Waals surface area contributed by atoms with Gasteiger partial charge in [0.2, 0.25) is 0 Å². The Morgan fingerprint density at radius 1 is 1.03 bits per heavy atom. The Hall–Kier alpha value is -2.06. The number of fused-ring (bicyclic) bond motifs is 2. The van der Waals surface area contributed by atoms with Crippen molar-refractivity contribution in [2.45, 2.75) is 49.7 Å². The smallest absolute Gasteiger partial charge is 0.255 e. The molecule has 4 nitrogen and oxygen atoms in total. The lowest BCUT2D eigenvalue weighted by atomic mass is 9.68. The van der Waals surface area contributed by atoms with Crippen LogP contribution in [0.5, 0.6) is 0 Å². The van der Waals surface area contributed by atoms with Gasteiger partial charge in [-0.15, -0.1) is 0 Å². The molecule has 172 valence electrons. The first-order valence-corrected chi connectivity index (χ1v) is 12.3. The van der Waals surface area contributed by atoms with Crippen LogP contribution in [0.2, 0.25) is 5.02 Å². The summed E-state index contributed by atoms with van der Waals surface area (Å²) in [6.07, 6.45) is 3.11. The summed E-state index contributed by atoms with van der Waals surface area (Å²) >= 11 is 6.22. The van der Waals surface area contributed by atoms with Gasteiger partial charge in [-0.1, -0.05) is 25.4 Å². The number of anilines is 1. The van der Waals surface area contributed by atoms with Crippen LogP contribution in [0.3, 0.4) is 0 Å². The molecule has 1 amide bonds. The van der Waals surface area contributed by atoms with Gasteiger partial charge >= 0.3 is 0 Å². The summed E-state index contributed by atoms with van der Waals surface area (Å²) in [7, 11) is -3.80. The number of nitrogens with one attached hydrogen (secondary N) is 1. The second-order valence-corrected chi connectivity index (χ2v) is 11.9. The third-order valence-electron chi connectivity index (χ3n) is 7.24. The van der Waals surface area contributed by atoms with Gasteiger partial charge < -0.3 is 5.32 Å². The molecule has 4 rings (SSSR count). The fourth-order valence-corrected chi connectivity index (χ4v) is 7.58. The molecule has 9 heteroatoms. The molecule has 2 fully saturated rings. The molecular formula is C23H23ClF3NO3S. The number of carbonyl (C=O) groups excluding carboxylic acids is 1. The molecular weight excluding hydrogens is 463 g/mol. The molecule has 0 saturated heterocycles.